The van der Waals surface area contributed by atoms with Crippen LogP contribution in [0.5, 0.6) is 0 Å². The van der Waals surface area contributed by atoms with Crippen LogP contribution in [0.2, 0.25) is 0 Å². The molecule has 0 N–H and O–H groups in total. The van der Waals surface area contributed by atoms with E-state index in [0.717, 1.165) is 13.0 Å². The van der Waals surface area contributed by atoms with Crippen molar-refractivity contribution in [3.05, 3.63) is 0 Å². The van der Waals surface area contributed by atoms with Crippen LogP contribution in [0.3, 0.4) is 0 Å². The molecule has 0 spiro atoms. The lowest BCUT2D eigenvalue weighted by molar-refractivity contribution is 0.0610. The molecule has 2 fully saturated rings. The fraction of sp³-hybridized carbons (Fsp3) is 1.00. The molecule has 12 heavy (non-hydrogen) atoms. The third-order valence-electron chi connectivity index (χ3n) is 3.86. The van der Waals surface area contributed by atoms with Gasteiger partial charge in [-0.1, -0.05) is 13.8 Å². The Bertz CT molecular complexity index is 192. The number of hydrogen-bond donors (Lipinski definition) is 0. The summed E-state index contributed by atoms with van der Waals surface area (Å²) in [6.07, 6.45) is 0.539. The van der Waals surface area contributed by atoms with E-state index < -0.39 is 6.17 Å². The molecule has 0 radical (unpaired) electrons. The molecule has 0 aromatic heterocycles. The van der Waals surface area contributed by atoms with Gasteiger partial charge in [0.2, 0.25) is 0 Å². The van der Waals surface area contributed by atoms with E-state index in [1.54, 1.807) is 0 Å². The van der Waals surface area contributed by atoms with Gasteiger partial charge in [0.1, 0.15) is 6.17 Å². The third kappa shape index (κ3) is 0.936. The molecule has 3 unspecified atom stereocenters. The fourth-order valence-corrected chi connectivity index (χ4v) is 2.95. The largest absolute Gasteiger partial charge is 0.303 e. The summed E-state index contributed by atoms with van der Waals surface area (Å²) in [6.45, 7) is 6.09. The van der Waals surface area contributed by atoms with Gasteiger partial charge in [0, 0.05) is 18.5 Å². The summed E-state index contributed by atoms with van der Waals surface area (Å²) in [7, 11) is 2.02. The number of halogens is 1. The Hall–Kier alpha value is -0.110. The minimum atomic E-state index is -0.582. The van der Waals surface area contributed by atoms with Crippen molar-refractivity contribution < 1.29 is 4.39 Å². The van der Waals surface area contributed by atoms with Crippen molar-refractivity contribution in [2.75, 3.05) is 20.1 Å². The fourth-order valence-electron chi connectivity index (χ4n) is 2.95. The summed E-state index contributed by atoms with van der Waals surface area (Å²) < 4.78 is 13.7. The molecular weight excluding hydrogens is 153 g/mol. The number of rotatable bonds is 1. The predicted octanol–water partition coefficient (Wildman–Crippen LogP) is 1.93. The van der Waals surface area contributed by atoms with Crippen molar-refractivity contribution in [3.8, 4) is 0 Å². The van der Waals surface area contributed by atoms with Gasteiger partial charge < -0.3 is 4.90 Å². The Kier molecular flexibility index (Phi) is 1.73. The molecule has 0 aromatic rings. The van der Waals surface area contributed by atoms with E-state index in [0.29, 0.717) is 18.4 Å². The summed E-state index contributed by atoms with van der Waals surface area (Å²) in [5.41, 5.74) is 0.0759. The highest BCUT2D eigenvalue weighted by Crippen LogP contribution is 2.63. The first-order valence-corrected chi connectivity index (χ1v) is 4.90. The molecule has 3 atom stereocenters. The lowest BCUT2D eigenvalue weighted by Gasteiger charge is -2.34. The average Bonchev–Trinajstić information content (AvgIpc) is 2.62. The molecular formula is C10H18FN. The number of likely N-dealkylation sites (tertiary alicyclic amines) is 1. The van der Waals surface area contributed by atoms with Crippen molar-refractivity contribution >= 4 is 0 Å². The maximum atomic E-state index is 13.7. The normalized spacial score (nSPS) is 47.8. The second-order valence-electron chi connectivity index (χ2n) is 4.86. The Morgan fingerprint density at radius 2 is 2.08 bits per heavy atom. The quantitative estimate of drug-likeness (QED) is 0.582. The van der Waals surface area contributed by atoms with Gasteiger partial charge in [0.25, 0.3) is 0 Å². The standard InChI is InChI=1S/C10H18FN/c1-7(2)10-4-8(10)5-12(3)6-9(10)11/h7-9H,4-6H2,1-3H3. The van der Waals surface area contributed by atoms with Gasteiger partial charge in [-0.2, -0.15) is 0 Å². The lowest BCUT2D eigenvalue weighted by Crippen LogP contribution is -2.43. The van der Waals surface area contributed by atoms with Crippen LogP contribution < -0.4 is 0 Å². The Labute approximate surface area is 73.9 Å². The van der Waals surface area contributed by atoms with E-state index in [1.165, 1.54) is 0 Å². The molecule has 2 aliphatic rings. The van der Waals surface area contributed by atoms with Gasteiger partial charge in [0.05, 0.1) is 0 Å². The predicted molar refractivity (Wildman–Crippen MR) is 47.8 cm³/mol. The van der Waals surface area contributed by atoms with E-state index in [9.17, 15) is 4.39 Å². The monoisotopic (exact) mass is 171 g/mol. The van der Waals surface area contributed by atoms with E-state index >= 15 is 0 Å². The van der Waals surface area contributed by atoms with Gasteiger partial charge in [-0.05, 0) is 25.3 Å². The number of hydrogen-bond acceptors (Lipinski definition) is 1. The highest BCUT2D eigenvalue weighted by molar-refractivity contribution is 5.12. The van der Waals surface area contributed by atoms with Crippen molar-refractivity contribution in [3.63, 3.8) is 0 Å². The average molecular weight is 171 g/mol. The van der Waals surface area contributed by atoms with E-state index in [2.05, 4.69) is 18.7 Å². The molecule has 0 bridgehead atoms. The lowest BCUT2D eigenvalue weighted by atomic mass is 9.83. The molecule has 2 rings (SSSR count). The Morgan fingerprint density at radius 3 is 2.58 bits per heavy atom. The zero-order valence-corrected chi connectivity index (χ0v) is 8.18. The summed E-state index contributed by atoms with van der Waals surface area (Å²) in [5, 5.41) is 0. The molecule has 1 saturated heterocycles. The van der Waals surface area contributed by atoms with Crippen LogP contribution in [-0.2, 0) is 0 Å². The summed E-state index contributed by atoms with van der Waals surface area (Å²) in [6, 6.07) is 0. The van der Waals surface area contributed by atoms with Gasteiger partial charge in [-0.25, -0.2) is 4.39 Å². The second kappa shape index (κ2) is 2.44. The maximum Gasteiger partial charge on any atom is 0.119 e. The molecule has 1 aliphatic heterocycles. The molecule has 2 heteroatoms. The zero-order valence-electron chi connectivity index (χ0n) is 8.18. The number of nitrogens with zero attached hydrogens (tertiary/aromatic N) is 1. The van der Waals surface area contributed by atoms with Crippen LogP contribution >= 0.6 is 0 Å². The van der Waals surface area contributed by atoms with Gasteiger partial charge in [0.15, 0.2) is 0 Å². The summed E-state index contributed by atoms with van der Waals surface area (Å²) in [5.74, 6) is 1.16. The molecule has 1 heterocycles. The van der Waals surface area contributed by atoms with E-state index in [4.69, 9.17) is 0 Å². The zero-order chi connectivity index (χ0) is 8.93. The SMILES string of the molecule is CC(C)C12CC1CN(C)CC2F. The highest BCUT2D eigenvalue weighted by Gasteiger charge is 2.63. The van der Waals surface area contributed by atoms with Gasteiger partial charge >= 0.3 is 0 Å². The smallest absolute Gasteiger partial charge is 0.119 e. The minimum Gasteiger partial charge on any atom is -0.303 e. The molecule has 0 aromatic carbocycles. The molecule has 70 valence electrons. The minimum absolute atomic E-state index is 0.0759. The van der Waals surface area contributed by atoms with Crippen LogP contribution in [0.25, 0.3) is 0 Å². The van der Waals surface area contributed by atoms with E-state index in [-0.39, 0.29) is 5.41 Å². The maximum absolute atomic E-state index is 13.7. The molecule has 0 amide bonds. The number of fused-ring (bicyclic) bond motifs is 1. The van der Waals surface area contributed by atoms with Crippen molar-refractivity contribution in [2.45, 2.75) is 26.4 Å². The summed E-state index contributed by atoms with van der Waals surface area (Å²) in [4.78, 5) is 2.13. The van der Waals surface area contributed by atoms with Crippen molar-refractivity contribution in [2.24, 2.45) is 17.3 Å². The van der Waals surface area contributed by atoms with Crippen LogP contribution in [0.15, 0.2) is 0 Å². The third-order valence-corrected chi connectivity index (χ3v) is 3.86. The molecule has 1 aliphatic carbocycles. The topological polar surface area (TPSA) is 3.24 Å². The second-order valence-corrected chi connectivity index (χ2v) is 4.86. The van der Waals surface area contributed by atoms with Gasteiger partial charge in [-0.15, -0.1) is 0 Å². The number of piperidine rings is 1. The first kappa shape index (κ1) is 8.49. The molecule has 1 nitrogen and oxygen atoms in total. The van der Waals surface area contributed by atoms with Crippen LogP contribution in [0.1, 0.15) is 20.3 Å². The Balaban J connectivity index is 2.12. The van der Waals surface area contributed by atoms with Gasteiger partial charge in [-0.3, -0.25) is 0 Å². The van der Waals surface area contributed by atoms with E-state index in [1.807, 2.05) is 7.05 Å². The first-order valence-electron chi connectivity index (χ1n) is 4.90. The Morgan fingerprint density at radius 1 is 1.42 bits per heavy atom. The van der Waals surface area contributed by atoms with Crippen LogP contribution in [0.4, 0.5) is 4.39 Å². The molecule has 1 saturated carbocycles. The highest BCUT2D eigenvalue weighted by atomic mass is 19.1. The van der Waals surface area contributed by atoms with Crippen molar-refractivity contribution in [1.29, 1.82) is 0 Å². The summed E-state index contributed by atoms with van der Waals surface area (Å²) >= 11 is 0. The van der Waals surface area contributed by atoms with Crippen LogP contribution in [-0.4, -0.2) is 31.2 Å². The van der Waals surface area contributed by atoms with Crippen molar-refractivity contribution in [1.82, 2.24) is 4.90 Å². The first-order chi connectivity index (χ1) is 5.57. The number of alkyl halides is 1. The van der Waals surface area contributed by atoms with Crippen LogP contribution in [0, 0.1) is 17.3 Å².